The maximum atomic E-state index is 13.2. The van der Waals surface area contributed by atoms with Gasteiger partial charge in [-0.05, 0) is 36.5 Å². The van der Waals surface area contributed by atoms with Gasteiger partial charge in [0.1, 0.15) is 6.04 Å². The van der Waals surface area contributed by atoms with E-state index in [0.717, 1.165) is 31.5 Å². The number of likely N-dealkylation sites (tertiary alicyclic amines) is 1. The van der Waals surface area contributed by atoms with E-state index in [9.17, 15) is 9.59 Å². The minimum Gasteiger partial charge on any atom is -0.341 e. The average Bonchev–Trinajstić information content (AvgIpc) is 2.73. The van der Waals surface area contributed by atoms with Gasteiger partial charge < -0.3 is 10.2 Å². The van der Waals surface area contributed by atoms with Crippen LogP contribution >= 0.6 is 23.2 Å². The molecule has 1 saturated heterocycles. The molecule has 2 amide bonds. The van der Waals surface area contributed by atoms with Crippen molar-refractivity contribution in [1.29, 1.82) is 0 Å². The fourth-order valence-corrected chi connectivity index (χ4v) is 3.74. The number of benzene rings is 2. The highest BCUT2D eigenvalue weighted by atomic mass is 35.5. The Balaban J connectivity index is 1.68. The molecule has 0 unspecified atom stereocenters. The van der Waals surface area contributed by atoms with Crippen molar-refractivity contribution in [1.82, 2.24) is 10.2 Å². The number of anilines is 1. The summed E-state index contributed by atoms with van der Waals surface area (Å²) in [5.74, 6) is 0.335. The fraction of sp³-hybridized carbons (Fsp3) is 0.364. The molecule has 0 radical (unpaired) electrons. The van der Waals surface area contributed by atoms with E-state index in [-0.39, 0.29) is 18.4 Å². The van der Waals surface area contributed by atoms with Crippen LogP contribution in [0.4, 0.5) is 5.69 Å². The van der Waals surface area contributed by atoms with Gasteiger partial charge in [-0.15, -0.1) is 0 Å². The van der Waals surface area contributed by atoms with Crippen molar-refractivity contribution in [3.8, 4) is 0 Å². The highest BCUT2D eigenvalue weighted by Gasteiger charge is 2.28. The molecule has 2 aromatic carbocycles. The third kappa shape index (κ3) is 5.72. The van der Waals surface area contributed by atoms with Crippen molar-refractivity contribution < 1.29 is 9.59 Å². The topological polar surface area (TPSA) is 61.4 Å². The van der Waals surface area contributed by atoms with Gasteiger partial charge in [0.25, 0.3) is 0 Å². The first-order valence-corrected chi connectivity index (χ1v) is 10.5. The number of hydrogen-bond acceptors (Lipinski definition) is 3. The van der Waals surface area contributed by atoms with Gasteiger partial charge in [-0.2, -0.15) is 0 Å². The summed E-state index contributed by atoms with van der Waals surface area (Å²) in [6.45, 7) is 3.67. The van der Waals surface area contributed by atoms with Gasteiger partial charge in [0.05, 0.1) is 22.3 Å². The van der Waals surface area contributed by atoms with E-state index >= 15 is 0 Å². The Hall–Kier alpha value is -2.08. The lowest BCUT2D eigenvalue weighted by molar-refractivity contribution is -0.135. The van der Waals surface area contributed by atoms with Gasteiger partial charge in [0, 0.05) is 13.1 Å². The van der Waals surface area contributed by atoms with Crippen LogP contribution in [0, 0.1) is 5.92 Å². The summed E-state index contributed by atoms with van der Waals surface area (Å²) < 4.78 is 0. The lowest BCUT2D eigenvalue weighted by Gasteiger charge is -2.33. The van der Waals surface area contributed by atoms with Gasteiger partial charge in [0.15, 0.2) is 0 Å². The molecule has 0 bridgehead atoms. The molecule has 2 aromatic rings. The normalized spacial score (nSPS) is 15.8. The molecule has 1 aliphatic rings. The number of carbonyl (C=O) groups excluding carboxylic acids is 2. The van der Waals surface area contributed by atoms with Gasteiger partial charge in [0.2, 0.25) is 11.8 Å². The molecule has 2 N–H and O–H groups in total. The second-order valence-electron chi connectivity index (χ2n) is 7.38. The Morgan fingerprint density at radius 2 is 1.76 bits per heavy atom. The van der Waals surface area contributed by atoms with E-state index in [1.807, 2.05) is 35.2 Å². The largest absolute Gasteiger partial charge is 0.341 e. The standard InChI is InChI=1S/C22H25Cl2N3O2/c1-15-10-12-27(13-11-15)22(29)21(16-6-3-2-4-7-16)25-14-19(28)26-18-9-5-8-17(23)20(18)24/h2-9,15,21,25H,10-14H2,1H3,(H,26,28)/t21-/m1/s1. The zero-order valence-corrected chi connectivity index (χ0v) is 17.8. The zero-order valence-electron chi connectivity index (χ0n) is 16.3. The average molecular weight is 434 g/mol. The minimum atomic E-state index is -0.579. The highest BCUT2D eigenvalue weighted by Crippen LogP contribution is 2.29. The molecule has 29 heavy (non-hydrogen) atoms. The first-order valence-electron chi connectivity index (χ1n) is 9.76. The summed E-state index contributed by atoms with van der Waals surface area (Å²) in [7, 11) is 0. The molecule has 5 nitrogen and oxygen atoms in total. The molecule has 3 rings (SSSR count). The zero-order chi connectivity index (χ0) is 20.8. The smallest absolute Gasteiger partial charge is 0.244 e. The molecule has 0 spiro atoms. The molecule has 1 atom stereocenters. The third-order valence-corrected chi connectivity index (χ3v) is 5.99. The van der Waals surface area contributed by atoms with Crippen LogP contribution in [-0.4, -0.2) is 36.3 Å². The molecule has 7 heteroatoms. The van der Waals surface area contributed by atoms with Crippen LogP contribution in [0.25, 0.3) is 0 Å². The molecule has 1 heterocycles. The number of amides is 2. The van der Waals surface area contributed by atoms with Crippen molar-refractivity contribution in [2.45, 2.75) is 25.8 Å². The number of halogens is 2. The molecule has 0 aliphatic carbocycles. The summed E-state index contributed by atoms with van der Waals surface area (Å²) in [5.41, 5.74) is 1.28. The monoisotopic (exact) mass is 433 g/mol. The van der Waals surface area contributed by atoms with E-state index in [0.29, 0.717) is 21.7 Å². The van der Waals surface area contributed by atoms with Gasteiger partial charge in [-0.1, -0.05) is 66.5 Å². The number of hydrogen-bond donors (Lipinski definition) is 2. The molecule has 1 aliphatic heterocycles. The van der Waals surface area contributed by atoms with Crippen LogP contribution in [0.15, 0.2) is 48.5 Å². The predicted octanol–water partition coefficient (Wildman–Crippen LogP) is 4.52. The van der Waals surface area contributed by atoms with Gasteiger partial charge >= 0.3 is 0 Å². The number of piperidine rings is 1. The third-order valence-electron chi connectivity index (χ3n) is 5.17. The second-order valence-corrected chi connectivity index (χ2v) is 8.17. The van der Waals surface area contributed by atoms with Crippen LogP contribution in [0.2, 0.25) is 10.0 Å². The van der Waals surface area contributed by atoms with E-state index in [1.165, 1.54) is 0 Å². The number of nitrogens with zero attached hydrogens (tertiary/aromatic N) is 1. The predicted molar refractivity (Wildman–Crippen MR) is 117 cm³/mol. The van der Waals surface area contributed by atoms with Crippen LogP contribution in [-0.2, 0) is 9.59 Å². The molecule has 0 aromatic heterocycles. The summed E-state index contributed by atoms with van der Waals surface area (Å²) in [4.78, 5) is 27.5. The Labute approximate surface area is 181 Å². The van der Waals surface area contributed by atoms with Crippen LogP contribution < -0.4 is 10.6 Å². The Morgan fingerprint density at radius 3 is 2.45 bits per heavy atom. The Kier molecular flexibility index (Phi) is 7.53. The quantitative estimate of drug-likeness (QED) is 0.703. The van der Waals surface area contributed by atoms with Crippen LogP contribution in [0.3, 0.4) is 0 Å². The molecule has 0 saturated carbocycles. The van der Waals surface area contributed by atoms with E-state index < -0.39 is 6.04 Å². The van der Waals surface area contributed by atoms with E-state index in [4.69, 9.17) is 23.2 Å². The van der Waals surface area contributed by atoms with Crippen LogP contribution in [0.5, 0.6) is 0 Å². The first-order chi connectivity index (χ1) is 14.0. The molecular formula is C22H25Cl2N3O2. The van der Waals surface area contributed by atoms with E-state index in [1.54, 1.807) is 18.2 Å². The minimum absolute atomic E-state index is 0.00307. The SMILES string of the molecule is CC1CCN(C(=O)[C@H](NCC(=O)Nc2cccc(Cl)c2Cl)c2ccccc2)CC1. The van der Waals surface area contributed by atoms with Crippen molar-refractivity contribution in [2.75, 3.05) is 25.0 Å². The van der Waals surface area contributed by atoms with Crippen molar-refractivity contribution in [3.63, 3.8) is 0 Å². The summed E-state index contributed by atoms with van der Waals surface area (Å²) in [6, 6.07) is 13.9. The molecular weight excluding hydrogens is 409 g/mol. The number of carbonyl (C=O) groups is 2. The summed E-state index contributed by atoms with van der Waals surface area (Å²) in [5, 5.41) is 6.52. The molecule has 1 fully saturated rings. The Morgan fingerprint density at radius 1 is 1.07 bits per heavy atom. The second kappa shape index (κ2) is 10.1. The Bertz CT molecular complexity index is 852. The lowest BCUT2D eigenvalue weighted by atomic mass is 9.97. The van der Waals surface area contributed by atoms with Crippen molar-refractivity contribution in [3.05, 3.63) is 64.1 Å². The van der Waals surface area contributed by atoms with Gasteiger partial charge in [-0.3, -0.25) is 14.9 Å². The van der Waals surface area contributed by atoms with Crippen molar-refractivity contribution >= 4 is 40.7 Å². The molecule has 154 valence electrons. The number of rotatable bonds is 6. The highest BCUT2D eigenvalue weighted by molar-refractivity contribution is 6.44. The van der Waals surface area contributed by atoms with E-state index in [2.05, 4.69) is 17.6 Å². The first kappa shape index (κ1) is 21.6. The lowest BCUT2D eigenvalue weighted by Crippen LogP contribution is -2.46. The van der Waals surface area contributed by atoms with Gasteiger partial charge in [-0.25, -0.2) is 0 Å². The summed E-state index contributed by atoms with van der Waals surface area (Å²) in [6.07, 6.45) is 2.00. The summed E-state index contributed by atoms with van der Waals surface area (Å²) >= 11 is 12.1. The number of nitrogens with one attached hydrogen (secondary N) is 2. The fourth-order valence-electron chi connectivity index (χ4n) is 3.39. The maximum absolute atomic E-state index is 13.2. The van der Waals surface area contributed by atoms with Crippen LogP contribution in [0.1, 0.15) is 31.4 Å². The maximum Gasteiger partial charge on any atom is 0.244 e. The van der Waals surface area contributed by atoms with Crippen molar-refractivity contribution in [2.24, 2.45) is 5.92 Å².